The molecule has 7 rings (SSSR count). The fraction of sp³-hybridized carbons (Fsp3) is 0.316. The summed E-state index contributed by atoms with van der Waals surface area (Å²) < 4.78 is 21.6. The molecule has 256 valence electrons. The van der Waals surface area contributed by atoms with Crippen LogP contribution in [0, 0.1) is 17.7 Å². The second kappa shape index (κ2) is 15.5. The number of anilines is 1. The van der Waals surface area contributed by atoms with Crippen molar-refractivity contribution in [2.24, 2.45) is 0 Å². The van der Waals surface area contributed by atoms with Crippen molar-refractivity contribution in [1.82, 2.24) is 20.2 Å². The predicted molar refractivity (Wildman–Crippen MR) is 194 cm³/mol. The van der Waals surface area contributed by atoms with Crippen LogP contribution in [0.1, 0.15) is 53.8 Å². The second-order valence-electron chi connectivity index (χ2n) is 12.3. The number of ether oxygens (including phenoxy) is 1. The molecule has 0 unspecified atom stereocenters. The lowest BCUT2D eigenvalue weighted by Crippen LogP contribution is -2.43. The Morgan fingerprint density at radius 2 is 1.88 bits per heavy atom. The molecule has 50 heavy (non-hydrogen) atoms. The number of para-hydroxylation sites is 1. The van der Waals surface area contributed by atoms with Gasteiger partial charge in [0.25, 0.3) is 0 Å². The molecule has 2 aliphatic heterocycles. The van der Waals surface area contributed by atoms with Crippen molar-refractivity contribution in [2.45, 2.75) is 32.2 Å². The topological polar surface area (TPSA) is 108 Å². The summed E-state index contributed by atoms with van der Waals surface area (Å²) in [6, 6.07) is 18.4. The van der Waals surface area contributed by atoms with Crippen molar-refractivity contribution in [2.75, 3.05) is 50.8 Å². The van der Waals surface area contributed by atoms with Crippen LogP contribution in [0.3, 0.4) is 0 Å². The summed E-state index contributed by atoms with van der Waals surface area (Å²) in [5, 5.41) is 14.7. The van der Waals surface area contributed by atoms with Gasteiger partial charge in [-0.05, 0) is 60.7 Å². The molecule has 12 heteroatoms. The fourth-order valence-electron chi connectivity index (χ4n) is 6.28. The molecule has 9 nitrogen and oxygen atoms in total. The van der Waals surface area contributed by atoms with E-state index in [1.165, 1.54) is 28.7 Å². The van der Waals surface area contributed by atoms with Gasteiger partial charge in [-0.1, -0.05) is 42.2 Å². The summed E-state index contributed by atoms with van der Waals surface area (Å²) in [5.41, 5.74) is 4.24. The van der Waals surface area contributed by atoms with Crippen LogP contribution >= 0.6 is 22.7 Å². The zero-order valence-corrected chi connectivity index (χ0v) is 29.0. The highest BCUT2D eigenvalue weighted by Gasteiger charge is 2.27. The number of carboxylic acids is 1. The van der Waals surface area contributed by atoms with E-state index in [0.29, 0.717) is 53.6 Å². The van der Waals surface area contributed by atoms with Crippen molar-refractivity contribution >= 4 is 49.8 Å². The summed E-state index contributed by atoms with van der Waals surface area (Å²) in [7, 11) is 0. The van der Waals surface area contributed by atoms with Crippen LogP contribution in [0.15, 0.2) is 60.7 Å². The maximum Gasteiger partial charge on any atom is 0.355 e. The Morgan fingerprint density at radius 1 is 1.02 bits per heavy atom. The molecule has 0 atom stereocenters. The molecule has 2 aromatic heterocycles. The highest BCUT2D eigenvalue weighted by molar-refractivity contribution is 7.18. The first-order chi connectivity index (χ1) is 24.4. The van der Waals surface area contributed by atoms with Gasteiger partial charge in [-0.3, -0.25) is 9.69 Å². The number of carboxylic acid groups (broad SMARTS) is 1. The van der Waals surface area contributed by atoms with Gasteiger partial charge in [-0.2, -0.15) is 0 Å². The lowest BCUT2D eigenvalue weighted by molar-refractivity contribution is 0.0690. The number of thiazole rings is 2. The number of hydrogen-bond acceptors (Lipinski definition) is 10. The molecule has 3 aromatic carbocycles. The summed E-state index contributed by atoms with van der Waals surface area (Å²) in [5.74, 6) is 4.74. The zero-order valence-electron chi connectivity index (χ0n) is 27.4. The Labute approximate surface area is 297 Å². The number of carbonyl (C=O) groups is 2. The number of fused-ring (bicyclic) bond motifs is 2. The number of piperazine rings is 1. The molecule has 0 radical (unpaired) electrons. The molecule has 2 N–H and O–H groups in total. The maximum absolute atomic E-state index is 14.8. The Hall–Kier alpha value is -4.67. The molecular weight excluding hydrogens is 674 g/mol. The van der Waals surface area contributed by atoms with Crippen LogP contribution < -0.4 is 15.0 Å². The van der Waals surface area contributed by atoms with E-state index in [4.69, 9.17) is 4.74 Å². The number of rotatable bonds is 11. The number of Topliss-reactive ketones (excluding diaryl/α,β-unsaturated/α-hetero) is 1. The van der Waals surface area contributed by atoms with E-state index in [0.717, 1.165) is 59.0 Å². The number of aromatic carboxylic acids is 1. The fourth-order valence-corrected chi connectivity index (χ4v) is 8.36. The van der Waals surface area contributed by atoms with Gasteiger partial charge in [0.2, 0.25) is 0 Å². The van der Waals surface area contributed by atoms with E-state index < -0.39 is 11.8 Å². The molecule has 5 aromatic rings. The van der Waals surface area contributed by atoms with E-state index in [1.807, 2.05) is 36.4 Å². The normalized spacial score (nSPS) is 14.6. The first-order valence-corrected chi connectivity index (χ1v) is 18.4. The van der Waals surface area contributed by atoms with Gasteiger partial charge >= 0.3 is 5.97 Å². The van der Waals surface area contributed by atoms with Crippen LogP contribution in [-0.4, -0.2) is 77.6 Å². The minimum Gasteiger partial charge on any atom is -0.491 e. The number of aryl methyl sites for hydroxylation is 1. The van der Waals surface area contributed by atoms with Crippen molar-refractivity contribution in [1.29, 1.82) is 0 Å². The number of hydrogen-bond donors (Lipinski definition) is 2. The van der Waals surface area contributed by atoms with E-state index in [-0.39, 0.29) is 30.3 Å². The number of nitrogens with zero attached hydrogens (tertiary/aromatic N) is 4. The van der Waals surface area contributed by atoms with Crippen LogP contribution in [0.4, 0.5) is 9.52 Å². The minimum absolute atomic E-state index is 0.0126. The maximum atomic E-state index is 14.8. The average Bonchev–Trinajstić information content (AvgIpc) is 3.75. The first-order valence-electron chi connectivity index (χ1n) is 16.7. The lowest BCUT2D eigenvalue weighted by atomic mass is 9.92. The van der Waals surface area contributed by atoms with Gasteiger partial charge in [0.15, 0.2) is 28.2 Å². The van der Waals surface area contributed by atoms with Crippen LogP contribution in [0.5, 0.6) is 5.75 Å². The number of benzene rings is 3. The summed E-state index contributed by atoms with van der Waals surface area (Å²) in [4.78, 5) is 39.8. The molecule has 0 saturated carbocycles. The molecule has 0 bridgehead atoms. The average molecular weight is 710 g/mol. The molecule has 0 spiro atoms. The molecular formula is C38H36FN5O4S2. The summed E-state index contributed by atoms with van der Waals surface area (Å²) in [6.45, 7) is 5.80. The predicted octanol–water partition coefficient (Wildman–Crippen LogP) is 5.85. The molecule has 0 amide bonds. The standard InChI is InChI=1S/C38H36FN5O4S2/c39-29-22-25(6-4-17-43-19-15-40-16-20-43)12-13-32(29)48-21-5-11-34-36(37(46)47)42-38(50-34)44-18-14-26-7-3-8-27(28(26)24-44)31(45)23-35-41-30-9-1-2-10-33(30)49-35/h1-3,7-10,12-13,22,40H,5,11,14-21,23-24H2,(H,46,47). The van der Waals surface area contributed by atoms with E-state index >= 15 is 0 Å². The number of ketones is 1. The van der Waals surface area contributed by atoms with Crippen LogP contribution in [0.25, 0.3) is 10.2 Å². The van der Waals surface area contributed by atoms with Gasteiger partial charge in [-0.15, -0.1) is 22.7 Å². The lowest BCUT2D eigenvalue weighted by Gasteiger charge is -2.29. The molecule has 1 fully saturated rings. The third-order valence-corrected chi connectivity index (χ3v) is 11.1. The first kappa shape index (κ1) is 33.8. The minimum atomic E-state index is -1.09. The highest BCUT2D eigenvalue weighted by atomic mass is 32.1. The van der Waals surface area contributed by atoms with Crippen molar-refractivity contribution in [3.63, 3.8) is 0 Å². The third-order valence-electron chi connectivity index (χ3n) is 8.87. The van der Waals surface area contributed by atoms with Crippen LogP contribution in [-0.2, 0) is 25.8 Å². The Bertz CT molecular complexity index is 2060. The number of halogens is 1. The van der Waals surface area contributed by atoms with Crippen molar-refractivity contribution < 1.29 is 23.8 Å². The SMILES string of the molecule is O=C(Cc1nc2ccccc2s1)c1cccc2c1CN(c1nc(C(=O)O)c(CCCOc3ccc(C#CCN4CCNCC4)cc3F)s1)CC2. The van der Waals surface area contributed by atoms with E-state index in [9.17, 15) is 19.1 Å². The highest BCUT2D eigenvalue weighted by Crippen LogP contribution is 2.33. The molecule has 0 aliphatic carbocycles. The monoisotopic (exact) mass is 709 g/mol. The Morgan fingerprint density at radius 3 is 2.70 bits per heavy atom. The van der Waals surface area contributed by atoms with Gasteiger partial charge in [0, 0.05) is 55.3 Å². The summed E-state index contributed by atoms with van der Waals surface area (Å²) >= 11 is 2.88. The van der Waals surface area contributed by atoms with Crippen molar-refractivity contribution in [3.05, 3.63) is 104 Å². The van der Waals surface area contributed by atoms with E-state index in [2.05, 4.69) is 43.0 Å². The summed E-state index contributed by atoms with van der Waals surface area (Å²) in [6.07, 6.45) is 1.85. The number of aromatic nitrogens is 2. The van der Waals surface area contributed by atoms with E-state index in [1.54, 1.807) is 12.1 Å². The Balaban J connectivity index is 0.969. The van der Waals surface area contributed by atoms with Crippen molar-refractivity contribution in [3.8, 4) is 17.6 Å². The van der Waals surface area contributed by atoms with Gasteiger partial charge in [0.1, 0.15) is 5.01 Å². The quantitative estimate of drug-likeness (QED) is 0.0993. The smallest absolute Gasteiger partial charge is 0.355 e. The van der Waals surface area contributed by atoms with Gasteiger partial charge in [0.05, 0.1) is 29.8 Å². The van der Waals surface area contributed by atoms with Crippen LogP contribution in [0.2, 0.25) is 0 Å². The Kier molecular flexibility index (Phi) is 10.5. The number of nitrogens with one attached hydrogen (secondary N) is 1. The second-order valence-corrected chi connectivity index (χ2v) is 14.5. The van der Waals surface area contributed by atoms with Gasteiger partial charge < -0.3 is 20.1 Å². The number of carbonyl (C=O) groups excluding carboxylic acids is 1. The zero-order chi connectivity index (χ0) is 34.5. The third kappa shape index (κ3) is 7.87. The van der Waals surface area contributed by atoms with Gasteiger partial charge in [-0.25, -0.2) is 19.2 Å². The molecule has 2 aliphatic rings. The molecule has 4 heterocycles. The largest absolute Gasteiger partial charge is 0.491 e. The molecule has 1 saturated heterocycles.